The monoisotopic (exact) mass is 270 g/mol. The highest BCUT2D eigenvalue weighted by atomic mass is 35.5. The fraction of sp³-hybridized carbons (Fsp3) is 0.417. The molecular formula is C12H15ClN2O3. The molecule has 0 bridgehead atoms. The van der Waals surface area contributed by atoms with Crippen LogP contribution in [-0.2, 0) is 4.74 Å². The van der Waals surface area contributed by atoms with Crippen molar-refractivity contribution in [1.82, 2.24) is 9.88 Å². The number of nitrogens with zero attached hydrogens (tertiary/aromatic N) is 2. The Labute approximate surface area is 111 Å². The highest BCUT2D eigenvalue weighted by Gasteiger charge is 2.17. The Hall–Kier alpha value is -1.62. The number of aromatic nitrogens is 1. The van der Waals surface area contributed by atoms with Crippen LogP contribution in [0.3, 0.4) is 0 Å². The summed E-state index contributed by atoms with van der Waals surface area (Å²) in [5.41, 5.74) is 0.143. The van der Waals surface area contributed by atoms with Gasteiger partial charge in [-0.05, 0) is 26.0 Å². The molecule has 0 saturated carbocycles. The maximum absolute atomic E-state index is 11.7. The van der Waals surface area contributed by atoms with Crippen molar-refractivity contribution < 1.29 is 14.3 Å². The molecule has 0 aliphatic carbocycles. The van der Waals surface area contributed by atoms with Crippen molar-refractivity contribution in [2.45, 2.75) is 20.0 Å². The van der Waals surface area contributed by atoms with Crippen LogP contribution < -0.4 is 0 Å². The number of halogens is 1. The van der Waals surface area contributed by atoms with Crippen LogP contribution in [0.2, 0.25) is 5.02 Å². The first kappa shape index (κ1) is 14.4. The number of rotatable bonds is 3. The molecule has 0 radical (unpaired) electrons. The Morgan fingerprint density at radius 2 is 1.83 bits per heavy atom. The lowest BCUT2D eigenvalue weighted by Crippen LogP contribution is -2.24. The fourth-order valence-electron chi connectivity index (χ4n) is 1.21. The first-order valence-electron chi connectivity index (χ1n) is 5.41. The zero-order valence-electron chi connectivity index (χ0n) is 10.7. The first-order valence-corrected chi connectivity index (χ1v) is 5.79. The Balaban J connectivity index is 3.08. The van der Waals surface area contributed by atoms with Gasteiger partial charge >= 0.3 is 5.97 Å². The molecule has 1 aromatic heterocycles. The zero-order chi connectivity index (χ0) is 13.9. The normalized spacial score (nSPS) is 10.3. The van der Waals surface area contributed by atoms with Gasteiger partial charge in [0.25, 0.3) is 5.91 Å². The van der Waals surface area contributed by atoms with Crippen LogP contribution in [0, 0.1) is 0 Å². The molecule has 5 nitrogen and oxygen atoms in total. The molecule has 18 heavy (non-hydrogen) atoms. The summed E-state index contributed by atoms with van der Waals surface area (Å²) in [6.07, 6.45) is -0.258. The number of hydrogen-bond donors (Lipinski definition) is 0. The molecule has 0 aliphatic rings. The number of esters is 1. The average molecular weight is 271 g/mol. The van der Waals surface area contributed by atoms with Crippen molar-refractivity contribution in [2.75, 3.05) is 14.1 Å². The molecule has 0 N–H and O–H groups in total. The van der Waals surface area contributed by atoms with Gasteiger partial charge in [0.2, 0.25) is 0 Å². The summed E-state index contributed by atoms with van der Waals surface area (Å²) in [5.74, 6) is -0.920. The van der Waals surface area contributed by atoms with Gasteiger partial charge in [0.15, 0.2) is 5.69 Å². The van der Waals surface area contributed by atoms with Gasteiger partial charge in [-0.3, -0.25) is 4.79 Å². The quantitative estimate of drug-likeness (QED) is 0.788. The number of amides is 1. The molecule has 0 saturated heterocycles. The van der Waals surface area contributed by atoms with E-state index < -0.39 is 5.97 Å². The highest BCUT2D eigenvalue weighted by molar-refractivity contribution is 6.31. The summed E-state index contributed by atoms with van der Waals surface area (Å²) in [7, 11) is 3.19. The van der Waals surface area contributed by atoms with Gasteiger partial charge in [0.1, 0.15) is 5.69 Å². The van der Waals surface area contributed by atoms with Gasteiger partial charge in [0, 0.05) is 19.1 Å². The van der Waals surface area contributed by atoms with Crippen molar-refractivity contribution in [3.05, 3.63) is 28.5 Å². The number of carbonyl (C=O) groups excluding carboxylic acids is 2. The molecule has 0 atom stereocenters. The zero-order valence-corrected chi connectivity index (χ0v) is 11.5. The second-order valence-corrected chi connectivity index (χ2v) is 4.65. The minimum atomic E-state index is -0.597. The largest absolute Gasteiger partial charge is 0.458 e. The number of pyridine rings is 1. The number of ether oxygens (including phenoxy) is 1. The van der Waals surface area contributed by atoms with E-state index in [2.05, 4.69) is 4.98 Å². The molecule has 0 spiro atoms. The molecule has 6 heteroatoms. The van der Waals surface area contributed by atoms with Gasteiger partial charge in [-0.25, -0.2) is 9.78 Å². The van der Waals surface area contributed by atoms with E-state index in [1.165, 1.54) is 17.0 Å². The van der Waals surface area contributed by atoms with Gasteiger partial charge in [-0.1, -0.05) is 11.6 Å². The predicted octanol–water partition coefficient (Wildman–Crippen LogP) is 2.00. The Bertz CT molecular complexity index is 472. The summed E-state index contributed by atoms with van der Waals surface area (Å²) >= 11 is 5.86. The summed E-state index contributed by atoms with van der Waals surface area (Å²) in [4.78, 5) is 28.7. The van der Waals surface area contributed by atoms with E-state index in [0.29, 0.717) is 0 Å². The summed E-state index contributed by atoms with van der Waals surface area (Å²) in [5, 5.41) is 0.269. The van der Waals surface area contributed by atoms with Crippen molar-refractivity contribution in [3.63, 3.8) is 0 Å². The SMILES string of the molecule is CC(C)OC(=O)c1cc(Cl)cc(C(=O)N(C)C)n1. The molecule has 98 valence electrons. The summed E-state index contributed by atoms with van der Waals surface area (Å²) in [6.45, 7) is 3.46. The van der Waals surface area contributed by atoms with Gasteiger partial charge in [-0.15, -0.1) is 0 Å². The van der Waals surface area contributed by atoms with Crippen molar-refractivity contribution in [3.8, 4) is 0 Å². The van der Waals surface area contributed by atoms with Gasteiger partial charge in [-0.2, -0.15) is 0 Å². The van der Waals surface area contributed by atoms with Crippen LogP contribution in [0.1, 0.15) is 34.8 Å². The topological polar surface area (TPSA) is 59.5 Å². The summed E-state index contributed by atoms with van der Waals surface area (Å²) in [6, 6.07) is 2.79. The van der Waals surface area contributed by atoms with E-state index in [4.69, 9.17) is 16.3 Å². The molecule has 0 aliphatic heterocycles. The van der Waals surface area contributed by atoms with Crippen LogP contribution in [0.25, 0.3) is 0 Å². The third-order valence-corrected chi connectivity index (χ3v) is 2.19. The smallest absolute Gasteiger partial charge is 0.357 e. The van der Waals surface area contributed by atoms with Crippen LogP contribution >= 0.6 is 11.6 Å². The van der Waals surface area contributed by atoms with Crippen LogP contribution in [0.5, 0.6) is 0 Å². The van der Waals surface area contributed by atoms with Crippen LogP contribution in [-0.4, -0.2) is 42.0 Å². The van der Waals surface area contributed by atoms with Gasteiger partial charge < -0.3 is 9.64 Å². The lowest BCUT2D eigenvalue weighted by molar-refractivity contribution is 0.0370. The molecule has 1 amide bonds. The van der Waals surface area contributed by atoms with E-state index in [-0.39, 0.29) is 28.4 Å². The molecule has 1 heterocycles. The Morgan fingerprint density at radius 3 is 2.33 bits per heavy atom. The van der Waals surface area contributed by atoms with E-state index >= 15 is 0 Å². The Morgan fingerprint density at radius 1 is 1.28 bits per heavy atom. The van der Waals surface area contributed by atoms with E-state index in [1.54, 1.807) is 27.9 Å². The van der Waals surface area contributed by atoms with Gasteiger partial charge in [0.05, 0.1) is 6.10 Å². The van der Waals surface area contributed by atoms with Crippen molar-refractivity contribution in [2.24, 2.45) is 0 Å². The fourth-order valence-corrected chi connectivity index (χ4v) is 1.42. The lowest BCUT2D eigenvalue weighted by atomic mass is 10.2. The van der Waals surface area contributed by atoms with Crippen molar-refractivity contribution in [1.29, 1.82) is 0 Å². The van der Waals surface area contributed by atoms with Crippen LogP contribution in [0.4, 0.5) is 0 Å². The highest BCUT2D eigenvalue weighted by Crippen LogP contribution is 2.14. The maximum Gasteiger partial charge on any atom is 0.357 e. The van der Waals surface area contributed by atoms with Crippen LogP contribution in [0.15, 0.2) is 12.1 Å². The molecule has 0 aromatic carbocycles. The molecule has 0 unspecified atom stereocenters. The molecular weight excluding hydrogens is 256 g/mol. The molecule has 1 aromatic rings. The third-order valence-electron chi connectivity index (χ3n) is 1.97. The minimum Gasteiger partial charge on any atom is -0.458 e. The molecule has 1 rings (SSSR count). The predicted molar refractivity (Wildman–Crippen MR) is 67.8 cm³/mol. The number of carbonyl (C=O) groups is 2. The maximum atomic E-state index is 11.7. The standard InChI is InChI=1S/C12H15ClN2O3/c1-7(2)18-12(17)10-6-8(13)5-9(14-10)11(16)15(3)4/h5-7H,1-4H3. The number of hydrogen-bond acceptors (Lipinski definition) is 4. The second kappa shape index (κ2) is 5.82. The Kier molecular flexibility index (Phi) is 4.67. The molecule has 0 fully saturated rings. The second-order valence-electron chi connectivity index (χ2n) is 4.21. The first-order chi connectivity index (χ1) is 8.31. The van der Waals surface area contributed by atoms with E-state index in [1.807, 2.05) is 0 Å². The van der Waals surface area contributed by atoms with Crippen molar-refractivity contribution >= 4 is 23.5 Å². The van der Waals surface area contributed by atoms with E-state index in [0.717, 1.165) is 0 Å². The minimum absolute atomic E-state index is 0.0291. The third kappa shape index (κ3) is 3.70. The summed E-state index contributed by atoms with van der Waals surface area (Å²) < 4.78 is 5.00. The average Bonchev–Trinajstić information content (AvgIpc) is 2.26. The lowest BCUT2D eigenvalue weighted by Gasteiger charge is -2.11. The van der Waals surface area contributed by atoms with E-state index in [9.17, 15) is 9.59 Å².